The fourth-order valence-electron chi connectivity index (χ4n) is 1.62. The van der Waals surface area contributed by atoms with E-state index in [4.69, 9.17) is 4.74 Å². The number of pyridine rings is 1. The van der Waals surface area contributed by atoms with Crippen LogP contribution in [0.2, 0.25) is 0 Å². The predicted octanol–water partition coefficient (Wildman–Crippen LogP) is 2.12. The number of amides is 1. The molecule has 0 saturated carbocycles. The van der Waals surface area contributed by atoms with Crippen molar-refractivity contribution in [3.05, 3.63) is 60.4 Å². The lowest BCUT2D eigenvalue weighted by atomic mass is 10.2. The minimum atomic E-state index is -0.0549. The van der Waals surface area contributed by atoms with Crippen LogP contribution in [-0.2, 0) is 11.3 Å². The second-order valence-electron chi connectivity index (χ2n) is 4.21. The molecule has 0 aliphatic rings. The van der Waals surface area contributed by atoms with E-state index in [1.54, 1.807) is 24.3 Å². The van der Waals surface area contributed by atoms with E-state index in [0.717, 1.165) is 5.56 Å². The summed E-state index contributed by atoms with van der Waals surface area (Å²) in [5, 5.41) is 0. The van der Waals surface area contributed by atoms with Crippen molar-refractivity contribution in [3.63, 3.8) is 0 Å². The van der Waals surface area contributed by atoms with E-state index in [0.29, 0.717) is 12.3 Å². The fraction of sp³-hybridized carbons (Fsp3) is 0.200. The summed E-state index contributed by atoms with van der Waals surface area (Å²) in [6.07, 6.45) is 3.43. The zero-order valence-corrected chi connectivity index (χ0v) is 10.8. The Morgan fingerprint density at radius 3 is 2.53 bits per heavy atom. The molecular weight excluding hydrogens is 240 g/mol. The van der Waals surface area contributed by atoms with Gasteiger partial charge in [-0.1, -0.05) is 18.2 Å². The van der Waals surface area contributed by atoms with Gasteiger partial charge in [0, 0.05) is 26.0 Å². The summed E-state index contributed by atoms with van der Waals surface area (Å²) >= 11 is 0. The highest BCUT2D eigenvalue weighted by Crippen LogP contribution is 2.08. The van der Waals surface area contributed by atoms with Crippen molar-refractivity contribution in [2.75, 3.05) is 13.7 Å². The molecule has 0 N–H and O–H groups in total. The minimum absolute atomic E-state index is 0.0472. The standard InChI is InChI=1S/C15H16N2O2/c1-17(11-13-7-9-16-10-8-13)15(18)12-19-14-5-3-2-4-6-14/h2-10H,11-12H2,1H3. The van der Waals surface area contributed by atoms with Crippen LogP contribution in [0.1, 0.15) is 5.56 Å². The van der Waals surface area contributed by atoms with E-state index in [2.05, 4.69) is 4.98 Å². The third kappa shape index (κ3) is 4.10. The van der Waals surface area contributed by atoms with Gasteiger partial charge in [-0.2, -0.15) is 0 Å². The highest BCUT2D eigenvalue weighted by Gasteiger charge is 2.09. The normalized spacial score (nSPS) is 9.95. The van der Waals surface area contributed by atoms with Crippen molar-refractivity contribution < 1.29 is 9.53 Å². The number of para-hydroxylation sites is 1. The zero-order valence-electron chi connectivity index (χ0n) is 10.8. The first kappa shape index (κ1) is 13.1. The van der Waals surface area contributed by atoms with Crippen LogP contribution < -0.4 is 4.74 Å². The van der Waals surface area contributed by atoms with E-state index in [1.807, 2.05) is 42.5 Å². The van der Waals surface area contributed by atoms with E-state index < -0.39 is 0 Å². The second kappa shape index (κ2) is 6.54. The van der Waals surface area contributed by atoms with Gasteiger partial charge in [-0.25, -0.2) is 0 Å². The summed E-state index contributed by atoms with van der Waals surface area (Å²) in [5.74, 6) is 0.647. The molecule has 0 aliphatic carbocycles. The maximum atomic E-state index is 11.9. The van der Waals surface area contributed by atoms with E-state index >= 15 is 0 Å². The van der Waals surface area contributed by atoms with Crippen LogP contribution in [0.3, 0.4) is 0 Å². The first-order chi connectivity index (χ1) is 9.25. The molecule has 19 heavy (non-hydrogen) atoms. The summed E-state index contributed by atoms with van der Waals surface area (Å²) in [6.45, 7) is 0.602. The molecule has 2 aromatic rings. The van der Waals surface area contributed by atoms with Crippen LogP contribution in [0.25, 0.3) is 0 Å². The topological polar surface area (TPSA) is 42.4 Å². The third-order valence-corrected chi connectivity index (χ3v) is 2.70. The lowest BCUT2D eigenvalue weighted by Crippen LogP contribution is -2.30. The van der Waals surface area contributed by atoms with E-state index in [9.17, 15) is 4.79 Å². The molecule has 0 unspecified atom stereocenters. The highest BCUT2D eigenvalue weighted by atomic mass is 16.5. The molecule has 1 aromatic carbocycles. The van der Waals surface area contributed by atoms with Gasteiger partial charge in [0.1, 0.15) is 5.75 Å². The molecule has 0 saturated heterocycles. The van der Waals surface area contributed by atoms with Crippen LogP contribution in [0.15, 0.2) is 54.9 Å². The smallest absolute Gasteiger partial charge is 0.260 e. The van der Waals surface area contributed by atoms with E-state index in [1.165, 1.54) is 0 Å². The number of benzene rings is 1. The highest BCUT2D eigenvalue weighted by molar-refractivity contribution is 5.77. The average molecular weight is 256 g/mol. The molecule has 2 rings (SSSR count). The van der Waals surface area contributed by atoms with Crippen molar-refractivity contribution in [2.45, 2.75) is 6.54 Å². The number of ether oxygens (including phenoxy) is 1. The molecule has 0 radical (unpaired) electrons. The van der Waals surface area contributed by atoms with Gasteiger partial charge in [0.15, 0.2) is 6.61 Å². The summed E-state index contributed by atoms with van der Waals surface area (Å²) in [6, 6.07) is 13.1. The van der Waals surface area contributed by atoms with Crippen molar-refractivity contribution in [1.82, 2.24) is 9.88 Å². The number of aromatic nitrogens is 1. The third-order valence-electron chi connectivity index (χ3n) is 2.70. The average Bonchev–Trinajstić information content (AvgIpc) is 2.47. The lowest BCUT2D eigenvalue weighted by molar-refractivity contribution is -0.132. The summed E-state index contributed by atoms with van der Waals surface area (Å²) in [5.41, 5.74) is 1.05. The molecule has 1 amide bonds. The van der Waals surface area contributed by atoms with Gasteiger partial charge >= 0.3 is 0 Å². The maximum absolute atomic E-state index is 11.9. The number of likely N-dealkylation sites (N-methyl/N-ethyl adjacent to an activating group) is 1. The molecule has 4 heteroatoms. The van der Waals surface area contributed by atoms with Gasteiger partial charge in [0.2, 0.25) is 0 Å². The van der Waals surface area contributed by atoms with E-state index in [-0.39, 0.29) is 12.5 Å². The number of rotatable bonds is 5. The first-order valence-corrected chi connectivity index (χ1v) is 6.06. The molecule has 0 bridgehead atoms. The predicted molar refractivity (Wildman–Crippen MR) is 72.6 cm³/mol. The Balaban J connectivity index is 1.83. The fourth-order valence-corrected chi connectivity index (χ4v) is 1.62. The number of hydrogen-bond donors (Lipinski definition) is 0. The summed E-state index contributed by atoms with van der Waals surface area (Å²) < 4.78 is 5.42. The Hall–Kier alpha value is -2.36. The Bertz CT molecular complexity index is 514. The minimum Gasteiger partial charge on any atom is -0.484 e. The molecule has 0 spiro atoms. The van der Waals surface area contributed by atoms with Crippen LogP contribution in [-0.4, -0.2) is 29.4 Å². The monoisotopic (exact) mass is 256 g/mol. The van der Waals surface area contributed by atoms with Crippen molar-refractivity contribution in [2.24, 2.45) is 0 Å². The summed E-state index contributed by atoms with van der Waals surface area (Å²) in [4.78, 5) is 17.5. The molecular formula is C15H16N2O2. The lowest BCUT2D eigenvalue weighted by Gasteiger charge is -2.17. The summed E-state index contributed by atoms with van der Waals surface area (Å²) in [7, 11) is 1.76. The molecule has 0 aliphatic heterocycles. The van der Waals surface area contributed by atoms with Gasteiger partial charge in [0.25, 0.3) is 5.91 Å². The number of nitrogens with zero attached hydrogens (tertiary/aromatic N) is 2. The Morgan fingerprint density at radius 2 is 1.84 bits per heavy atom. The Kier molecular flexibility index (Phi) is 4.50. The number of carbonyl (C=O) groups is 1. The van der Waals surface area contributed by atoms with Gasteiger partial charge in [-0.15, -0.1) is 0 Å². The molecule has 1 heterocycles. The SMILES string of the molecule is CN(Cc1ccncc1)C(=O)COc1ccccc1. The number of carbonyl (C=O) groups excluding carboxylic acids is 1. The molecule has 0 atom stereocenters. The zero-order chi connectivity index (χ0) is 13.5. The quantitative estimate of drug-likeness (QED) is 0.823. The number of hydrogen-bond acceptors (Lipinski definition) is 3. The van der Waals surface area contributed by atoms with Gasteiger partial charge < -0.3 is 9.64 Å². The second-order valence-corrected chi connectivity index (χ2v) is 4.21. The molecule has 0 fully saturated rings. The van der Waals surface area contributed by atoms with Gasteiger partial charge in [-0.3, -0.25) is 9.78 Å². The van der Waals surface area contributed by atoms with Crippen molar-refractivity contribution in [1.29, 1.82) is 0 Å². The van der Waals surface area contributed by atoms with Crippen molar-refractivity contribution in [3.8, 4) is 5.75 Å². The van der Waals surface area contributed by atoms with Crippen LogP contribution in [0, 0.1) is 0 Å². The first-order valence-electron chi connectivity index (χ1n) is 6.06. The Morgan fingerprint density at radius 1 is 1.16 bits per heavy atom. The Labute approximate surface area is 112 Å². The van der Waals surface area contributed by atoms with Crippen LogP contribution >= 0.6 is 0 Å². The molecule has 1 aromatic heterocycles. The largest absolute Gasteiger partial charge is 0.484 e. The molecule has 4 nitrogen and oxygen atoms in total. The van der Waals surface area contributed by atoms with Crippen LogP contribution in [0.4, 0.5) is 0 Å². The van der Waals surface area contributed by atoms with Gasteiger partial charge in [0.05, 0.1) is 0 Å². The van der Waals surface area contributed by atoms with Crippen molar-refractivity contribution >= 4 is 5.91 Å². The molecule has 98 valence electrons. The van der Waals surface area contributed by atoms with Crippen LogP contribution in [0.5, 0.6) is 5.75 Å². The van der Waals surface area contributed by atoms with Gasteiger partial charge in [-0.05, 0) is 29.8 Å². The maximum Gasteiger partial charge on any atom is 0.260 e.